The van der Waals surface area contributed by atoms with Gasteiger partial charge in [0.2, 0.25) is 0 Å². The summed E-state index contributed by atoms with van der Waals surface area (Å²) < 4.78 is 13.8. The fourth-order valence-corrected chi connectivity index (χ4v) is 2.29. The van der Waals surface area contributed by atoms with Gasteiger partial charge in [0.25, 0.3) is 0 Å². The quantitative estimate of drug-likeness (QED) is 0.581. The number of aryl methyl sites for hydroxylation is 1. The summed E-state index contributed by atoms with van der Waals surface area (Å²) in [5.74, 6) is 6.13. The average molecular weight is 306 g/mol. The zero-order chi connectivity index (χ0) is 16.5. The highest BCUT2D eigenvalue weighted by molar-refractivity contribution is 5.60. The lowest BCUT2D eigenvalue weighted by atomic mass is 10.1. The van der Waals surface area contributed by atoms with Crippen LogP contribution in [0.5, 0.6) is 0 Å². The normalized spacial score (nSPS) is 11.0. The minimum Gasteiger partial charge on any atom is -0.207 e. The first-order valence-electron chi connectivity index (χ1n) is 8.30. The van der Waals surface area contributed by atoms with Gasteiger partial charge in [0.1, 0.15) is 5.83 Å². The van der Waals surface area contributed by atoms with E-state index in [0.29, 0.717) is 5.56 Å². The number of benzene rings is 2. The maximum Gasteiger partial charge on any atom is 0.126 e. The van der Waals surface area contributed by atoms with E-state index in [0.717, 1.165) is 36.8 Å². The highest BCUT2D eigenvalue weighted by atomic mass is 19.1. The zero-order valence-electron chi connectivity index (χ0n) is 13.9. The molecule has 0 N–H and O–H groups in total. The molecule has 2 aromatic carbocycles. The van der Waals surface area contributed by atoms with Crippen LogP contribution in [0.1, 0.15) is 55.4 Å². The summed E-state index contributed by atoms with van der Waals surface area (Å²) in [6.07, 6.45) is 5.61. The van der Waals surface area contributed by atoms with Gasteiger partial charge in [-0.1, -0.05) is 62.8 Å². The summed E-state index contributed by atoms with van der Waals surface area (Å²) >= 11 is 0. The molecule has 1 heteroatoms. The van der Waals surface area contributed by atoms with Gasteiger partial charge in [0, 0.05) is 16.7 Å². The van der Waals surface area contributed by atoms with Crippen LogP contribution in [-0.2, 0) is 6.42 Å². The molecule has 0 fully saturated rings. The Kier molecular flexibility index (Phi) is 6.63. The van der Waals surface area contributed by atoms with Crippen molar-refractivity contribution in [3.63, 3.8) is 0 Å². The molecule has 0 radical (unpaired) electrons. The number of rotatable bonds is 5. The first kappa shape index (κ1) is 17.0. The van der Waals surface area contributed by atoms with Crippen molar-refractivity contribution in [3.8, 4) is 11.8 Å². The van der Waals surface area contributed by atoms with Crippen LogP contribution in [0.3, 0.4) is 0 Å². The number of halogens is 1. The molecule has 0 spiro atoms. The highest BCUT2D eigenvalue weighted by Crippen LogP contribution is 2.17. The second-order valence-corrected chi connectivity index (χ2v) is 5.62. The van der Waals surface area contributed by atoms with Crippen molar-refractivity contribution in [2.24, 2.45) is 0 Å². The van der Waals surface area contributed by atoms with Crippen molar-refractivity contribution in [1.82, 2.24) is 0 Å². The second-order valence-electron chi connectivity index (χ2n) is 5.62. The van der Waals surface area contributed by atoms with Gasteiger partial charge in [-0.15, -0.1) is 0 Å². The maximum absolute atomic E-state index is 13.8. The zero-order valence-corrected chi connectivity index (χ0v) is 13.9. The minimum absolute atomic E-state index is 0.155. The minimum atomic E-state index is -0.155. The number of allylic oxidation sites excluding steroid dienone is 1. The first-order valence-corrected chi connectivity index (χ1v) is 8.30. The topological polar surface area (TPSA) is 0 Å². The van der Waals surface area contributed by atoms with E-state index in [1.54, 1.807) is 18.2 Å². The Bertz CT molecular complexity index is 694. The Labute approximate surface area is 139 Å². The van der Waals surface area contributed by atoms with Crippen molar-refractivity contribution >= 4 is 5.83 Å². The van der Waals surface area contributed by atoms with Crippen molar-refractivity contribution in [2.75, 3.05) is 0 Å². The van der Waals surface area contributed by atoms with Gasteiger partial charge in [-0.3, -0.25) is 0 Å². The smallest absolute Gasteiger partial charge is 0.126 e. The molecule has 0 nitrogen and oxygen atoms in total. The summed E-state index contributed by atoms with van der Waals surface area (Å²) in [7, 11) is 0. The van der Waals surface area contributed by atoms with Crippen molar-refractivity contribution in [2.45, 2.75) is 39.5 Å². The van der Waals surface area contributed by atoms with Crippen LogP contribution in [0.25, 0.3) is 5.83 Å². The standard InChI is InChI=1S/C22H23F/c1-3-5-7-22(23)21-16-14-20(15-17-21)13-12-19-10-8-18(6-4-2)9-11-19/h7-11,14-17H,3-6H2,1-2H3/b22-7+. The predicted molar refractivity (Wildman–Crippen MR) is 96.9 cm³/mol. The molecule has 0 saturated heterocycles. The van der Waals surface area contributed by atoms with E-state index in [9.17, 15) is 4.39 Å². The molecule has 0 heterocycles. The molecule has 0 saturated carbocycles. The van der Waals surface area contributed by atoms with Crippen molar-refractivity contribution in [3.05, 3.63) is 76.9 Å². The van der Waals surface area contributed by atoms with Crippen molar-refractivity contribution < 1.29 is 4.39 Å². The molecule has 0 atom stereocenters. The van der Waals surface area contributed by atoms with E-state index in [4.69, 9.17) is 0 Å². The van der Waals surface area contributed by atoms with Crippen LogP contribution in [0.2, 0.25) is 0 Å². The lowest BCUT2D eigenvalue weighted by Gasteiger charge is -1.99. The van der Waals surface area contributed by atoms with E-state index in [1.807, 2.05) is 19.1 Å². The summed E-state index contributed by atoms with van der Waals surface area (Å²) in [6, 6.07) is 15.7. The highest BCUT2D eigenvalue weighted by Gasteiger charge is 1.99. The van der Waals surface area contributed by atoms with Gasteiger partial charge < -0.3 is 0 Å². The third-order valence-electron chi connectivity index (χ3n) is 3.62. The summed E-state index contributed by atoms with van der Waals surface area (Å²) in [5, 5.41) is 0. The van der Waals surface area contributed by atoms with Gasteiger partial charge in [0.05, 0.1) is 0 Å². The summed E-state index contributed by atoms with van der Waals surface area (Å²) in [6.45, 7) is 4.22. The predicted octanol–water partition coefficient (Wildman–Crippen LogP) is 6.15. The van der Waals surface area contributed by atoms with E-state index in [1.165, 1.54) is 5.56 Å². The lowest BCUT2D eigenvalue weighted by molar-refractivity contribution is 0.750. The third kappa shape index (κ3) is 5.42. The SMILES string of the molecule is CCC/C=C(/F)c1ccc(C#Cc2ccc(CCC)cc2)cc1. The maximum atomic E-state index is 13.8. The van der Waals surface area contributed by atoms with E-state index < -0.39 is 0 Å². The fourth-order valence-electron chi connectivity index (χ4n) is 2.29. The first-order chi connectivity index (χ1) is 11.2. The van der Waals surface area contributed by atoms with Crippen LogP contribution in [0, 0.1) is 11.8 Å². The molecule has 23 heavy (non-hydrogen) atoms. The molecular formula is C22H23F. The molecule has 0 amide bonds. The average Bonchev–Trinajstić information content (AvgIpc) is 2.60. The number of hydrogen-bond acceptors (Lipinski definition) is 0. The largest absolute Gasteiger partial charge is 0.207 e. The molecule has 2 aromatic rings. The third-order valence-corrected chi connectivity index (χ3v) is 3.62. The van der Waals surface area contributed by atoms with E-state index in [2.05, 4.69) is 43.0 Å². The van der Waals surface area contributed by atoms with E-state index in [-0.39, 0.29) is 5.83 Å². The van der Waals surface area contributed by atoms with E-state index >= 15 is 0 Å². The Morgan fingerprint density at radius 3 is 1.96 bits per heavy atom. The van der Waals surface area contributed by atoms with Crippen LogP contribution in [0.4, 0.5) is 4.39 Å². The van der Waals surface area contributed by atoms with Gasteiger partial charge in [-0.05, 0) is 48.7 Å². The van der Waals surface area contributed by atoms with Crippen LogP contribution in [0.15, 0.2) is 54.6 Å². The van der Waals surface area contributed by atoms with Gasteiger partial charge in [0.15, 0.2) is 0 Å². The fraction of sp³-hybridized carbons (Fsp3) is 0.273. The molecule has 0 aliphatic heterocycles. The monoisotopic (exact) mass is 306 g/mol. The Hall–Kier alpha value is -2.33. The molecular weight excluding hydrogens is 283 g/mol. The van der Waals surface area contributed by atoms with Crippen LogP contribution < -0.4 is 0 Å². The van der Waals surface area contributed by atoms with Crippen LogP contribution >= 0.6 is 0 Å². The van der Waals surface area contributed by atoms with Gasteiger partial charge >= 0.3 is 0 Å². The number of unbranched alkanes of at least 4 members (excludes halogenated alkanes) is 1. The van der Waals surface area contributed by atoms with Crippen LogP contribution in [-0.4, -0.2) is 0 Å². The Balaban J connectivity index is 2.06. The lowest BCUT2D eigenvalue weighted by Crippen LogP contribution is -1.83. The van der Waals surface area contributed by atoms with Gasteiger partial charge in [-0.25, -0.2) is 4.39 Å². The molecule has 0 aromatic heterocycles. The Morgan fingerprint density at radius 1 is 0.870 bits per heavy atom. The van der Waals surface area contributed by atoms with Gasteiger partial charge in [-0.2, -0.15) is 0 Å². The molecule has 0 unspecified atom stereocenters. The Morgan fingerprint density at radius 2 is 1.43 bits per heavy atom. The van der Waals surface area contributed by atoms with Crippen molar-refractivity contribution in [1.29, 1.82) is 0 Å². The molecule has 0 aliphatic carbocycles. The second kappa shape index (κ2) is 8.96. The summed E-state index contributed by atoms with van der Waals surface area (Å²) in [5.41, 5.74) is 3.86. The molecule has 118 valence electrons. The number of hydrogen-bond donors (Lipinski definition) is 0. The summed E-state index contributed by atoms with van der Waals surface area (Å²) in [4.78, 5) is 0. The molecule has 0 bridgehead atoms. The molecule has 2 rings (SSSR count). The molecule has 0 aliphatic rings.